The minimum atomic E-state index is -4.64. The van der Waals surface area contributed by atoms with Crippen molar-refractivity contribution in [1.29, 1.82) is 0 Å². The first-order valence-corrected chi connectivity index (χ1v) is 33.7. The Labute approximate surface area is 577 Å². The zero-order valence-corrected chi connectivity index (χ0v) is 59.0. The molecule has 24 nitrogen and oxygen atoms in total. The van der Waals surface area contributed by atoms with Crippen LogP contribution in [-0.4, -0.2) is 252 Å². The largest absolute Gasteiger partial charge is 0.416 e. The number of nitrogens with zero attached hydrogens (tertiary/aromatic N) is 9. The molecule has 3 heterocycles. The molecule has 0 radical (unpaired) electrons. The lowest BCUT2D eigenvalue weighted by atomic mass is 9.97. The number of hydrogen-bond acceptors (Lipinski definition) is 12. The number of aryl methyl sites for hydroxylation is 1. The Morgan fingerprint density at radius 3 is 1.72 bits per heavy atom. The van der Waals surface area contributed by atoms with Crippen LogP contribution in [0.1, 0.15) is 108 Å². The monoisotopic (exact) mass is 1390 g/mol. The zero-order valence-electron chi connectivity index (χ0n) is 58.2. The predicted octanol–water partition coefficient (Wildman–Crippen LogP) is 4.04. The van der Waals surface area contributed by atoms with E-state index < -0.39 is 163 Å². The summed E-state index contributed by atoms with van der Waals surface area (Å²) < 4.78 is 41.1. The highest BCUT2D eigenvalue weighted by Crippen LogP contribution is 2.30. The molecule has 3 aliphatic rings. The molecule has 98 heavy (non-hydrogen) atoms. The summed E-state index contributed by atoms with van der Waals surface area (Å²) in [4.78, 5) is 187. The summed E-state index contributed by atoms with van der Waals surface area (Å²) in [7, 11) is 9.47. The van der Waals surface area contributed by atoms with Gasteiger partial charge in [-0.15, -0.1) is 0 Å². The number of carbonyl (C=O) groups is 12. The van der Waals surface area contributed by atoms with E-state index in [9.17, 15) is 51.5 Å². The van der Waals surface area contributed by atoms with Crippen LogP contribution in [-0.2, 0) is 83.0 Å². The van der Waals surface area contributed by atoms with Crippen molar-refractivity contribution < 1.29 is 70.7 Å². The number of rotatable bonds is 12. The van der Waals surface area contributed by atoms with E-state index >= 15 is 19.2 Å². The fraction of sp³-hybridized carbons (Fsp3) is 0.571. The minimum absolute atomic E-state index is 0.00469. The van der Waals surface area contributed by atoms with E-state index in [1.54, 1.807) is 68.4 Å². The van der Waals surface area contributed by atoms with Gasteiger partial charge in [0.2, 0.25) is 70.9 Å². The number of alkyl halides is 3. The summed E-state index contributed by atoms with van der Waals surface area (Å²) in [5.74, 6) is -9.41. The fourth-order valence-electron chi connectivity index (χ4n) is 12.3. The molecule has 0 aromatic heterocycles. The fourth-order valence-corrected chi connectivity index (χ4v) is 12.5. The van der Waals surface area contributed by atoms with Crippen LogP contribution in [0.2, 0.25) is 5.02 Å². The van der Waals surface area contributed by atoms with Gasteiger partial charge in [0.05, 0.1) is 31.6 Å². The molecule has 9 atom stereocenters. The van der Waals surface area contributed by atoms with Crippen LogP contribution in [0.3, 0.4) is 0 Å². The molecule has 0 aliphatic carbocycles. The molecule has 3 aliphatic heterocycles. The normalized spacial score (nSPS) is 24.3. The van der Waals surface area contributed by atoms with Crippen LogP contribution in [0.5, 0.6) is 0 Å². The highest BCUT2D eigenvalue weighted by molar-refractivity contribution is 6.30. The van der Waals surface area contributed by atoms with E-state index in [4.69, 9.17) is 11.6 Å². The van der Waals surface area contributed by atoms with Crippen molar-refractivity contribution in [3.8, 4) is 0 Å². The lowest BCUT2D eigenvalue weighted by molar-refractivity contribution is -0.152. The van der Waals surface area contributed by atoms with Gasteiger partial charge >= 0.3 is 6.18 Å². The van der Waals surface area contributed by atoms with Crippen molar-refractivity contribution >= 4 is 82.5 Å². The second-order valence-electron chi connectivity index (χ2n) is 26.6. The van der Waals surface area contributed by atoms with E-state index in [2.05, 4.69) is 16.0 Å². The lowest BCUT2D eigenvalue weighted by Crippen LogP contribution is -2.60. The van der Waals surface area contributed by atoms with Crippen molar-refractivity contribution in [3.05, 3.63) is 106 Å². The maximum absolute atomic E-state index is 15.4. The van der Waals surface area contributed by atoms with E-state index in [1.165, 1.54) is 88.0 Å². The average Bonchev–Trinajstić information content (AvgIpc) is 1.44. The maximum atomic E-state index is 15.4. The summed E-state index contributed by atoms with van der Waals surface area (Å²) in [6.45, 7) is 7.42. The van der Waals surface area contributed by atoms with Crippen LogP contribution >= 0.6 is 11.6 Å². The molecule has 3 N–H and O–H groups in total. The SMILES string of the molecule is CC[C@H](C)[C@@H]1NC(=O)[C@H](C)N(C)C(=O)C[C@@H](C(=O)N2CCCC2)NC(=O)[C@H](CC(C)C)N(C)C(=O)[C@H](Cc2ccccc2)N(C)C(=O)[C@@H]2CCCN2C(=O)[C@H](CCc2ccc(C(F)(F)F)cc2)NC(=O)CN(C)C(=O)[C@H](Cc2ccc(Cl)cc2)N(C)C(=O)CN(C)C(=O)CN(C)C1=O. The molecule has 3 fully saturated rings. The highest BCUT2D eigenvalue weighted by Gasteiger charge is 2.45. The van der Waals surface area contributed by atoms with Crippen LogP contribution in [0.25, 0.3) is 0 Å². The topological polar surface area (TPSA) is 270 Å². The molecule has 0 unspecified atom stereocenters. The van der Waals surface area contributed by atoms with Crippen molar-refractivity contribution in [2.45, 2.75) is 160 Å². The average molecular weight is 1390 g/mol. The number of hydrogen-bond donors (Lipinski definition) is 3. The molecule has 3 saturated heterocycles. The first-order chi connectivity index (χ1) is 46.1. The van der Waals surface area contributed by atoms with Gasteiger partial charge in [-0.1, -0.05) is 100 Å². The lowest BCUT2D eigenvalue weighted by Gasteiger charge is -2.38. The Balaban J connectivity index is 1.42. The summed E-state index contributed by atoms with van der Waals surface area (Å²) >= 11 is 6.22. The predicted molar refractivity (Wildman–Crippen MR) is 360 cm³/mol. The van der Waals surface area contributed by atoms with E-state index in [0.717, 1.165) is 36.6 Å². The minimum Gasteiger partial charge on any atom is -0.343 e. The molecule has 3 aromatic carbocycles. The van der Waals surface area contributed by atoms with E-state index in [0.29, 0.717) is 60.5 Å². The first kappa shape index (κ1) is 78.4. The highest BCUT2D eigenvalue weighted by atomic mass is 35.5. The molecule has 0 bridgehead atoms. The van der Waals surface area contributed by atoms with Gasteiger partial charge < -0.3 is 60.0 Å². The van der Waals surface area contributed by atoms with Gasteiger partial charge in [-0.25, -0.2) is 0 Å². The van der Waals surface area contributed by atoms with Gasteiger partial charge in [-0.05, 0) is 105 Å². The first-order valence-electron chi connectivity index (χ1n) is 33.4. The third-order valence-corrected chi connectivity index (χ3v) is 19.2. The number of carbonyl (C=O) groups excluding carboxylic acids is 12. The molecule has 28 heteroatoms. The maximum Gasteiger partial charge on any atom is 0.416 e. The molecular weight excluding hydrogens is 1290 g/mol. The summed E-state index contributed by atoms with van der Waals surface area (Å²) in [5, 5.41) is 8.67. The van der Waals surface area contributed by atoms with E-state index in [1.807, 2.05) is 13.8 Å². The Morgan fingerprint density at radius 2 is 1.13 bits per heavy atom. The van der Waals surface area contributed by atoms with Crippen molar-refractivity contribution in [2.24, 2.45) is 11.8 Å². The Kier molecular flexibility index (Phi) is 28.2. The number of benzene rings is 3. The number of likely N-dealkylation sites (N-methyl/N-ethyl adjacent to an activating group) is 7. The van der Waals surface area contributed by atoms with Crippen molar-refractivity contribution in [3.63, 3.8) is 0 Å². The molecule has 3 aromatic rings. The summed E-state index contributed by atoms with van der Waals surface area (Å²) in [5.41, 5.74) is 0.648. The Bertz CT molecular complexity index is 3340. The molecular formula is C70H96ClF3N12O12. The molecule has 536 valence electrons. The van der Waals surface area contributed by atoms with Gasteiger partial charge in [0.25, 0.3) is 0 Å². The zero-order chi connectivity index (χ0) is 72.6. The van der Waals surface area contributed by atoms with Gasteiger partial charge in [0.15, 0.2) is 0 Å². The van der Waals surface area contributed by atoms with Crippen LogP contribution in [0, 0.1) is 11.8 Å². The molecule has 0 saturated carbocycles. The molecule has 0 spiro atoms. The van der Waals surface area contributed by atoms with Crippen LogP contribution < -0.4 is 16.0 Å². The molecule has 12 amide bonds. The van der Waals surface area contributed by atoms with Gasteiger partial charge in [0, 0.05) is 86.8 Å². The number of amides is 12. The van der Waals surface area contributed by atoms with Crippen LogP contribution in [0.4, 0.5) is 13.2 Å². The third kappa shape index (κ3) is 20.7. The van der Waals surface area contributed by atoms with Crippen LogP contribution in [0.15, 0.2) is 78.9 Å². The second-order valence-corrected chi connectivity index (χ2v) is 27.1. The standard InChI is InChI=1S/C70H96ClF3N12O12/c1-13-44(4)61-69(98)80(8)41-59(89)78(6)42-60(90)82(10)55(38-48-25-30-50(71)31-26-48)66(95)79(7)40-57(87)75-51(32-27-46-23-28-49(29-24-46)70(72,73)74)65(94)86-35-19-22-53(86)67(96)84(12)56(37-47-20-15-14-16-21-47)68(97)83(11)54(36-43(2)3)63(92)76-52(64(93)85-33-17-18-34-85)39-58(88)81(9)45(5)62(91)77-61/h14-16,20-21,23-26,28-31,43-45,51-56,61H,13,17-19,22,27,32-42H2,1-12H3,(H,75,87)(H,76,92)(H,77,91)/t44-,45-,51-,52-,53-,54-,55-,56-,61-/m0/s1. The number of likely N-dealkylation sites (tertiary alicyclic amines) is 1. The Morgan fingerprint density at radius 1 is 0.571 bits per heavy atom. The summed E-state index contributed by atoms with van der Waals surface area (Å²) in [6.07, 6.45) is -3.53. The Hall–Kier alpha value is -8.62. The second kappa shape index (κ2) is 35.2. The third-order valence-electron chi connectivity index (χ3n) is 19.0. The van der Waals surface area contributed by atoms with Gasteiger partial charge in [-0.2, -0.15) is 13.2 Å². The number of halogens is 4. The van der Waals surface area contributed by atoms with E-state index in [-0.39, 0.29) is 51.0 Å². The smallest absolute Gasteiger partial charge is 0.343 e. The quantitative estimate of drug-likeness (QED) is 0.232. The van der Waals surface area contributed by atoms with Crippen molar-refractivity contribution in [2.75, 3.05) is 88.6 Å². The van der Waals surface area contributed by atoms with Crippen molar-refractivity contribution in [1.82, 2.24) is 60.0 Å². The van der Waals surface area contributed by atoms with Gasteiger partial charge in [0.1, 0.15) is 48.3 Å². The number of fused-ring (bicyclic) bond motifs is 1. The van der Waals surface area contributed by atoms with Gasteiger partial charge in [-0.3, -0.25) is 57.5 Å². The molecule has 6 rings (SSSR count). The number of nitrogens with one attached hydrogen (secondary N) is 3. The summed E-state index contributed by atoms with van der Waals surface area (Å²) in [6, 6.07) is 8.91.